The standard InChI is InChI=1S/C24H37N3O6.C16H25N3O6.C15H23N3O2.C7H13NO.H3N/c1-8-18(28)12-10-9-11-13-20(29)19(26-21(30)32-23(2,3)4)14-17-15-27(16-25-17)22(31)33-24(5,6)7;1-15(2,3)24-13(22)18-11(12(20)21)7-10-8-19(9-17-10)14(23)25-16(4,5)6;1-11(2)14(19)6-4-3-5-7-15(20)13(16)8-12-9-17-10-18-12;1-2-7(9)5-3-4-6-8;/h8,15-16,19H,1,9-14H2,2-7H3,(H,26,30);8-9,11H,7H2,1-6H3,(H,18,22)(H,20,21);9-10,13H,1,3-8,16H2,2H3,(H,17,18);2H,1,3-6,8H2;1H3. The smallest absolute Gasteiger partial charge is 0.419 e. The lowest BCUT2D eigenvalue weighted by molar-refractivity contribution is -0.139. The molecule has 3 heterocycles. The minimum Gasteiger partial charge on any atom is -0.480 e. The number of allylic oxidation sites excluding steroid dienone is 3. The number of nitrogens with zero attached hydrogens (tertiary/aromatic N) is 5. The van der Waals surface area contributed by atoms with Gasteiger partial charge in [-0.15, -0.1) is 0 Å². The van der Waals surface area contributed by atoms with Gasteiger partial charge in [0.1, 0.15) is 46.9 Å². The van der Waals surface area contributed by atoms with Gasteiger partial charge in [-0.05, 0) is 153 Å². The largest absolute Gasteiger partial charge is 0.480 e. The number of ether oxygens (including phenoxy) is 4. The minimum absolute atomic E-state index is 0. The summed E-state index contributed by atoms with van der Waals surface area (Å²) in [5.74, 6) is -1.16. The number of ketones is 5. The van der Waals surface area contributed by atoms with Crippen LogP contribution in [0.1, 0.15) is 191 Å². The molecule has 3 aromatic rings. The van der Waals surface area contributed by atoms with Crippen LogP contribution in [-0.4, -0.2) is 141 Å². The molecule has 0 aliphatic rings. The molecular formula is C62H101N11O15. The number of rotatable bonds is 30. The number of hydrogen-bond donors (Lipinski definition) is 7. The summed E-state index contributed by atoms with van der Waals surface area (Å²) in [6.07, 6.45) is 17.5. The highest BCUT2D eigenvalue weighted by molar-refractivity contribution is 5.94. The summed E-state index contributed by atoms with van der Waals surface area (Å²) in [6, 6.07) is -2.58. The fourth-order valence-corrected chi connectivity index (χ4v) is 7.03. The number of carboxylic acids is 1. The predicted octanol–water partition coefficient (Wildman–Crippen LogP) is 9.54. The number of aliphatic carboxylic acids is 1. The zero-order valence-electron chi connectivity index (χ0n) is 54.3. The van der Waals surface area contributed by atoms with Crippen LogP contribution < -0.4 is 28.3 Å². The topological polar surface area (TPSA) is 403 Å². The second kappa shape index (κ2) is 41.2. The molecule has 26 nitrogen and oxygen atoms in total. The van der Waals surface area contributed by atoms with E-state index in [1.807, 2.05) is 0 Å². The van der Waals surface area contributed by atoms with Gasteiger partial charge in [-0.2, -0.15) is 0 Å². The number of carbonyl (C=O) groups excluding carboxylic acids is 9. The molecule has 11 N–H and O–H groups in total. The zero-order valence-corrected chi connectivity index (χ0v) is 54.3. The maximum absolute atomic E-state index is 12.9. The number of aromatic nitrogens is 6. The van der Waals surface area contributed by atoms with Crippen molar-refractivity contribution in [2.75, 3.05) is 6.54 Å². The Bertz CT molecular complexity index is 2700. The Hall–Kier alpha value is -7.97. The van der Waals surface area contributed by atoms with Gasteiger partial charge >= 0.3 is 30.3 Å². The van der Waals surface area contributed by atoms with E-state index in [1.165, 1.54) is 41.8 Å². The van der Waals surface area contributed by atoms with E-state index in [9.17, 15) is 53.1 Å². The van der Waals surface area contributed by atoms with E-state index in [0.29, 0.717) is 74.9 Å². The third kappa shape index (κ3) is 41.2. The van der Waals surface area contributed by atoms with Crippen molar-refractivity contribution >= 4 is 59.3 Å². The molecular weight excluding hydrogens is 1140 g/mol. The van der Waals surface area contributed by atoms with Crippen LogP contribution in [0.4, 0.5) is 19.2 Å². The number of alkyl carbamates (subject to hydrolysis) is 2. The van der Waals surface area contributed by atoms with Gasteiger partial charge < -0.3 is 57.3 Å². The number of carboxylic acid groups (broad SMARTS) is 1. The van der Waals surface area contributed by atoms with E-state index in [4.69, 9.17) is 30.4 Å². The minimum atomic E-state index is -1.24. The van der Waals surface area contributed by atoms with E-state index in [1.54, 1.807) is 103 Å². The first-order chi connectivity index (χ1) is 40.3. The average Bonchev–Trinajstić information content (AvgIpc) is 4.24. The number of H-pyrrole nitrogens is 1. The molecule has 26 heteroatoms. The molecule has 0 saturated carbocycles. The normalized spacial score (nSPS) is 12.1. The molecule has 0 aliphatic heterocycles. The number of Topliss-reactive ketones (excluding diaryl/α,β-unsaturated/α-hetero) is 3. The van der Waals surface area contributed by atoms with Crippen LogP contribution in [-0.2, 0) is 67.0 Å². The number of unbranched alkanes of at least 4 members (excludes halogenated alkanes) is 5. The molecule has 0 saturated heterocycles. The third-order valence-electron chi connectivity index (χ3n) is 11.3. The monoisotopic (exact) mass is 1240 g/mol. The van der Waals surface area contributed by atoms with Crippen molar-refractivity contribution in [2.45, 2.75) is 233 Å². The van der Waals surface area contributed by atoms with Gasteiger partial charge in [0, 0.05) is 75.7 Å². The van der Waals surface area contributed by atoms with Crippen LogP contribution in [0.2, 0.25) is 0 Å². The van der Waals surface area contributed by atoms with Crippen LogP contribution in [0.3, 0.4) is 0 Å². The molecule has 0 aliphatic carbocycles. The zero-order chi connectivity index (χ0) is 66.7. The predicted molar refractivity (Wildman–Crippen MR) is 334 cm³/mol. The molecule has 0 spiro atoms. The van der Waals surface area contributed by atoms with Crippen LogP contribution in [0.25, 0.3) is 0 Å². The molecule has 0 aromatic carbocycles. The molecule has 0 radical (unpaired) electrons. The quantitative estimate of drug-likeness (QED) is 0.0185. The Morgan fingerprint density at radius 2 is 1.00 bits per heavy atom. The molecule has 494 valence electrons. The molecule has 3 rings (SSSR count). The number of nitrogens with two attached hydrogens (primary N) is 2. The van der Waals surface area contributed by atoms with Crippen molar-refractivity contribution in [3.8, 4) is 0 Å². The van der Waals surface area contributed by atoms with Gasteiger partial charge in [-0.3, -0.25) is 24.0 Å². The maximum Gasteiger partial charge on any atom is 0.419 e. The van der Waals surface area contributed by atoms with Crippen LogP contribution in [0.15, 0.2) is 75.0 Å². The second-order valence-electron chi connectivity index (χ2n) is 24.4. The number of imidazole rings is 3. The van der Waals surface area contributed by atoms with Gasteiger partial charge in [-0.25, -0.2) is 48.1 Å². The lowest BCUT2D eigenvalue weighted by atomic mass is 10.0. The van der Waals surface area contributed by atoms with Crippen molar-refractivity contribution in [2.24, 2.45) is 11.5 Å². The van der Waals surface area contributed by atoms with E-state index >= 15 is 0 Å². The summed E-state index contributed by atoms with van der Waals surface area (Å²) in [5.41, 5.74) is 10.5. The Morgan fingerprint density at radius 1 is 0.602 bits per heavy atom. The van der Waals surface area contributed by atoms with Crippen molar-refractivity contribution in [3.63, 3.8) is 0 Å². The van der Waals surface area contributed by atoms with Crippen molar-refractivity contribution in [3.05, 3.63) is 92.1 Å². The molecule has 88 heavy (non-hydrogen) atoms. The summed E-state index contributed by atoms with van der Waals surface area (Å²) in [4.78, 5) is 132. The van der Waals surface area contributed by atoms with Gasteiger partial charge in [0.05, 0.1) is 29.8 Å². The lowest BCUT2D eigenvalue weighted by Gasteiger charge is -2.23. The molecule has 0 bridgehead atoms. The molecule has 0 fully saturated rings. The molecule has 3 aromatic heterocycles. The Labute approximate surface area is 518 Å². The molecule has 3 unspecified atom stereocenters. The van der Waals surface area contributed by atoms with Crippen LogP contribution >= 0.6 is 0 Å². The molecule has 3 atom stereocenters. The SMILES string of the molecule is C=C(C)C(=O)CCCCCC(=O)C(N)Cc1cnc[nH]1.C=CC(=O)CCCCCC(=O)C(Cc1cn(C(=O)OC(C)(C)C)cn1)NC(=O)OC(C)(C)C.C=CC(=O)CCCCN.CC(C)(C)OC(=O)NC(Cc1cn(C(=O)OC(C)(C)C)cn1)C(=O)O.N. The number of aromatic amines is 1. The second-order valence-corrected chi connectivity index (χ2v) is 24.4. The highest BCUT2D eigenvalue weighted by atomic mass is 16.6. The summed E-state index contributed by atoms with van der Waals surface area (Å²) >= 11 is 0. The van der Waals surface area contributed by atoms with Gasteiger partial charge in [0.2, 0.25) is 0 Å². The van der Waals surface area contributed by atoms with Crippen molar-refractivity contribution in [1.29, 1.82) is 0 Å². The Morgan fingerprint density at radius 3 is 1.39 bits per heavy atom. The van der Waals surface area contributed by atoms with E-state index in [-0.39, 0.29) is 54.3 Å². The summed E-state index contributed by atoms with van der Waals surface area (Å²) in [6.45, 7) is 33.5. The number of nitrogens with one attached hydrogen (secondary N) is 3. The Balaban J connectivity index is 0. The van der Waals surface area contributed by atoms with E-state index in [2.05, 4.69) is 50.3 Å². The highest BCUT2D eigenvalue weighted by Crippen LogP contribution is 2.16. The highest BCUT2D eigenvalue weighted by Gasteiger charge is 2.28. The first-order valence-electron chi connectivity index (χ1n) is 29.0. The summed E-state index contributed by atoms with van der Waals surface area (Å²) in [5, 5.41) is 14.1. The van der Waals surface area contributed by atoms with Crippen molar-refractivity contribution < 1.29 is 72.0 Å². The fourth-order valence-electron chi connectivity index (χ4n) is 7.03. The van der Waals surface area contributed by atoms with Crippen LogP contribution in [0.5, 0.6) is 0 Å². The Kier molecular flexibility index (Phi) is 38.5. The van der Waals surface area contributed by atoms with Gasteiger partial charge in [-0.1, -0.05) is 32.6 Å². The lowest BCUT2D eigenvalue weighted by Crippen LogP contribution is -2.44. The summed E-state index contributed by atoms with van der Waals surface area (Å²) < 4.78 is 23.1. The first kappa shape index (κ1) is 82.1. The maximum atomic E-state index is 12.9. The number of amides is 2. The van der Waals surface area contributed by atoms with Gasteiger partial charge in [0.15, 0.2) is 23.1 Å². The van der Waals surface area contributed by atoms with E-state index in [0.717, 1.165) is 42.4 Å². The number of carbonyl (C=O) groups is 10. The average molecular weight is 1240 g/mol. The van der Waals surface area contributed by atoms with Crippen molar-refractivity contribution in [1.82, 2.24) is 45.9 Å². The third-order valence-corrected chi connectivity index (χ3v) is 11.3. The summed E-state index contributed by atoms with van der Waals surface area (Å²) in [7, 11) is 0. The molecule has 2 amide bonds. The van der Waals surface area contributed by atoms with Crippen LogP contribution in [0, 0.1) is 0 Å². The van der Waals surface area contributed by atoms with E-state index < -0.39 is 70.9 Å². The van der Waals surface area contributed by atoms with Gasteiger partial charge in [0.25, 0.3) is 0 Å². The first-order valence-corrected chi connectivity index (χ1v) is 29.0. The fraction of sp³-hybridized carbons (Fsp3) is 0.597. The number of hydrogen-bond acceptors (Lipinski definition) is 20.